The SMILES string of the molecule is O[C@H]1c2ccccc2O[C@]12CCc1ccccc1O2. The first kappa shape index (κ1) is 10.9. The Bertz CT molecular complexity index is 637. The molecule has 2 aromatic carbocycles. The van der Waals surface area contributed by atoms with E-state index in [1.165, 1.54) is 5.56 Å². The molecular weight excluding hydrogens is 240 g/mol. The highest BCUT2D eigenvalue weighted by Gasteiger charge is 2.51. The zero-order chi connectivity index (χ0) is 12.9. The lowest BCUT2D eigenvalue weighted by atomic mass is 9.94. The van der Waals surface area contributed by atoms with Gasteiger partial charge in [0, 0.05) is 12.0 Å². The van der Waals surface area contributed by atoms with Crippen molar-refractivity contribution in [1.82, 2.24) is 0 Å². The first-order chi connectivity index (χ1) is 9.28. The summed E-state index contributed by atoms with van der Waals surface area (Å²) in [4.78, 5) is 0. The molecule has 0 bridgehead atoms. The van der Waals surface area contributed by atoms with Gasteiger partial charge in [0.2, 0.25) is 0 Å². The van der Waals surface area contributed by atoms with E-state index in [4.69, 9.17) is 9.47 Å². The van der Waals surface area contributed by atoms with Crippen LogP contribution in [0.4, 0.5) is 0 Å². The van der Waals surface area contributed by atoms with Gasteiger partial charge in [-0.05, 0) is 24.1 Å². The van der Waals surface area contributed by atoms with E-state index in [0.29, 0.717) is 6.42 Å². The average Bonchev–Trinajstić information content (AvgIpc) is 2.72. The van der Waals surface area contributed by atoms with Gasteiger partial charge in [-0.3, -0.25) is 0 Å². The number of aliphatic hydroxyl groups excluding tert-OH is 1. The van der Waals surface area contributed by atoms with Crippen LogP contribution < -0.4 is 9.47 Å². The van der Waals surface area contributed by atoms with Crippen LogP contribution in [0.5, 0.6) is 11.5 Å². The molecule has 0 saturated carbocycles. The van der Waals surface area contributed by atoms with Crippen molar-refractivity contribution in [3.8, 4) is 11.5 Å². The Balaban J connectivity index is 1.75. The van der Waals surface area contributed by atoms with Gasteiger partial charge in [0.1, 0.15) is 11.5 Å². The van der Waals surface area contributed by atoms with E-state index < -0.39 is 11.9 Å². The summed E-state index contributed by atoms with van der Waals surface area (Å²) in [6.07, 6.45) is 0.762. The molecule has 0 aromatic heterocycles. The highest BCUT2D eigenvalue weighted by Crippen LogP contribution is 2.48. The Morgan fingerprint density at radius 1 is 0.947 bits per heavy atom. The van der Waals surface area contributed by atoms with Gasteiger partial charge in [0.25, 0.3) is 5.79 Å². The second kappa shape index (κ2) is 3.75. The van der Waals surface area contributed by atoms with Crippen LogP contribution in [0.15, 0.2) is 48.5 Å². The molecule has 3 nitrogen and oxygen atoms in total. The number of aryl methyl sites for hydroxylation is 1. The molecule has 0 unspecified atom stereocenters. The molecule has 4 rings (SSSR count). The monoisotopic (exact) mass is 254 g/mol. The molecule has 1 N–H and O–H groups in total. The van der Waals surface area contributed by atoms with Crippen LogP contribution in [0.2, 0.25) is 0 Å². The smallest absolute Gasteiger partial charge is 0.281 e. The summed E-state index contributed by atoms with van der Waals surface area (Å²) in [6, 6.07) is 15.5. The first-order valence-corrected chi connectivity index (χ1v) is 6.51. The Morgan fingerprint density at radius 2 is 1.63 bits per heavy atom. The van der Waals surface area contributed by atoms with Gasteiger partial charge in [0.05, 0.1) is 0 Å². The minimum absolute atomic E-state index is 0.653. The summed E-state index contributed by atoms with van der Waals surface area (Å²) in [5.41, 5.74) is 1.97. The molecule has 0 aliphatic carbocycles. The van der Waals surface area contributed by atoms with Crippen LogP contribution in [0.1, 0.15) is 23.7 Å². The summed E-state index contributed by atoms with van der Waals surface area (Å²) in [7, 11) is 0. The molecule has 0 fully saturated rings. The minimum Gasteiger partial charge on any atom is -0.449 e. The summed E-state index contributed by atoms with van der Waals surface area (Å²) in [5.74, 6) is 0.563. The lowest BCUT2D eigenvalue weighted by Crippen LogP contribution is -2.46. The van der Waals surface area contributed by atoms with Crippen molar-refractivity contribution in [1.29, 1.82) is 0 Å². The maximum absolute atomic E-state index is 10.5. The van der Waals surface area contributed by atoms with E-state index in [9.17, 15) is 5.11 Å². The summed E-state index contributed by atoms with van der Waals surface area (Å²) in [6.45, 7) is 0. The van der Waals surface area contributed by atoms with E-state index in [2.05, 4.69) is 6.07 Å². The van der Waals surface area contributed by atoms with Gasteiger partial charge in [-0.15, -0.1) is 0 Å². The lowest BCUT2D eigenvalue weighted by molar-refractivity contribution is -0.179. The number of fused-ring (bicyclic) bond motifs is 2. The molecule has 2 atom stereocenters. The molecule has 96 valence electrons. The molecule has 2 aromatic rings. The quantitative estimate of drug-likeness (QED) is 0.785. The van der Waals surface area contributed by atoms with E-state index in [0.717, 1.165) is 23.5 Å². The highest BCUT2D eigenvalue weighted by molar-refractivity contribution is 5.43. The van der Waals surface area contributed by atoms with Gasteiger partial charge in [-0.1, -0.05) is 36.4 Å². The summed E-state index contributed by atoms with van der Waals surface area (Å²) in [5, 5.41) is 10.5. The molecule has 2 aliphatic heterocycles. The second-order valence-corrected chi connectivity index (χ2v) is 5.06. The molecule has 1 spiro atoms. The third kappa shape index (κ3) is 1.48. The van der Waals surface area contributed by atoms with Gasteiger partial charge in [-0.2, -0.15) is 0 Å². The molecule has 0 saturated heterocycles. The fourth-order valence-electron chi connectivity index (χ4n) is 2.90. The van der Waals surface area contributed by atoms with E-state index >= 15 is 0 Å². The third-order valence-electron chi connectivity index (χ3n) is 3.91. The van der Waals surface area contributed by atoms with Crippen molar-refractivity contribution < 1.29 is 14.6 Å². The van der Waals surface area contributed by atoms with Crippen LogP contribution in [0, 0.1) is 0 Å². The Morgan fingerprint density at radius 3 is 2.47 bits per heavy atom. The minimum atomic E-state index is -0.960. The fourth-order valence-corrected chi connectivity index (χ4v) is 2.90. The molecule has 3 heteroatoms. The van der Waals surface area contributed by atoms with Crippen molar-refractivity contribution in [3.63, 3.8) is 0 Å². The van der Waals surface area contributed by atoms with Crippen molar-refractivity contribution in [2.45, 2.75) is 24.7 Å². The van der Waals surface area contributed by atoms with E-state index in [1.54, 1.807) is 0 Å². The van der Waals surface area contributed by atoms with Gasteiger partial charge in [0.15, 0.2) is 6.10 Å². The van der Waals surface area contributed by atoms with Gasteiger partial charge < -0.3 is 14.6 Å². The van der Waals surface area contributed by atoms with Crippen molar-refractivity contribution >= 4 is 0 Å². The van der Waals surface area contributed by atoms with Crippen molar-refractivity contribution in [3.05, 3.63) is 59.7 Å². The van der Waals surface area contributed by atoms with Crippen LogP contribution in [0.25, 0.3) is 0 Å². The number of benzene rings is 2. The standard InChI is InChI=1S/C16H14O3/c17-15-12-6-2-4-8-14(12)19-16(15)10-9-11-5-1-3-7-13(11)18-16/h1-8,15,17H,9-10H2/t15-,16+/m0/s1. The number of para-hydroxylation sites is 2. The van der Waals surface area contributed by atoms with E-state index in [-0.39, 0.29) is 0 Å². The topological polar surface area (TPSA) is 38.7 Å². The average molecular weight is 254 g/mol. The number of rotatable bonds is 0. The zero-order valence-corrected chi connectivity index (χ0v) is 10.4. The molecule has 2 heterocycles. The molecular formula is C16H14O3. The van der Waals surface area contributed by atoms with Crippen molar-refractivity contribution in [2.75, 3.05) is 0 Å². The summed E-state index contributed by atoms with van der Waals surface area (Å²) >= 11 is 0. The predicted octanol–water partition coefficient (Wildman–Crippen LogP) is 2.83. The molecule has 0 amide bonds. The molecule has 0 radical (unpaired) electrons. The Kier molecular flexibility index (Phi) is 2.15. The van der Waals surface area contributed by atoms with Gasteiger partial charge in [-0.25, -0.2) is 0 Å². The number of ether oxygens (including phenoxy) is 2. The number of hydrogen-bond donors (Lipinski definition) is 1. The van der Waals surface area contributed by atoms with Crippen LogP contribution in [0.3, 0.4) is 0 Å². The number of hydrogen-bond acceptors (Lipinski definition) is 3. The third-order valence-corrected chi connectivity index (χ3v) is 3.91. The maximum atomic E-state index is 10.5. The second-order valence-electron chi connectivity index (χ2n) is 5.06. The number of aliphatic hydroxyl groups is 1. The molecule has 2 aliphatic rings. The highest BCUT2D eigenvalue weighted by atomic mass is 16.7. The van der Waals surface area contributed by atoms with Gasteiger partial charge >= 0.3 is 0 Å². The fraction of sp³-hybridized carbons (Fsp3) is 0.250. The zero-order valence-electron chi connectivity index (χ0n) is 10.4. The Labute approximate surface area is 111 Å². The van der Waals surface area contributed by atoms with Crippen molar-refractivity contribution in [2.24, 2.45) is 0 Å². The Hall–Kier alpha value is -2.00. The van der Waals surface area contributed by atoms with E-state index in [1.807, 2.05) is 42.5 Å². The van der Waals surface area contributed by atoms with Crippen LogP contribution in [-0.2, 0) is 6.42 Å². The predicted molar refractivity (Wildman–Crippen MR) is 70.2 cm³/mol. The largest absolute Gasteiger partial charge is 0.449 e. The maximum Gasteiger partial charge on any atom is 0.281 e. The first-order valence-electron chi connectivity index (χ1n) is 6.51. The molecule has 19 heavy (non-hydrogen) atoms. The summed E-state index contributed by atoms with van der Waals surface area (Å²) < 4.78 is 11.9. The lowest BCUT2D eigenvalue weighted by Gasteiger charge is -2.36. The van der Waals surface area contributed by atoms with Crippen LogP contribution in [-0.4, -0.2) is 10.9 Å². The normalized spacial score (nSPS) is 27.3. The van der Waals surface area contributed by atoms with Crippen LogP contribution >= 0.6 is 0 Å².